The normalized spacial score (nSPS) is 11.3. The van der Waals surface area contributed by atoms with Gasteiger partial charge in [-0.05, 0) is 30.3 Å². The molecule has 0 heterocycles. The van der Waals surface area contributed by atoms with Gasteiger partial charge in [-0.2, -0.15) is 0 Å². The molecule has 19 heavy (non-hydrogen) atoms. The molecular formula is C12H10ClFN2O2S. The van der Waals surface area contributed by atoms with Gasteiger partial charge >= 0.3 is 0 Å². The number of sulfonamides is 1. The van der Waals surface area contributed by atoms with Crippen LogP contribution in [0.25, 0.3) is 0 Å². The number of hydrogen-bond acceptors (Lipinski definition) is 3. The van der Waals surface area contributed by atoms with Crippen LogP contribution < -0.4 is 10.5 Å². The Morgan fingerprint density at radius 3 is 2.47 bits per heavy atom. The monoisotopic (exact) mass is 300 g/mol. The molecule has 7 heteroatoms. The zero-order valence-corrected chi connectivity index (χ0v) is 11.2. The second kappa shape index (κ2) is 5.07. The maximum absolute atomic E-state index is 12.9. The Kier molecular flexibility index (Phi) is 3.64. The highest BCUT2D eigenvalue weighted by atomic mass is 35.5. The quantitative estimate of drug-likeness (QED) is 0.856. The first-order valence-corrected chi connectivity index (χ1v) is 7.08. The standard InChI is InChI=1S/C12H10ClFN2O2S/c13-9-7-8(14)5-6-11(9)16-19(17,18)12-4-2-1-3-10(12)15/h1-7,16H,15H2. The van der Waals surface area contributed by atoms with Gasteiger partial charge < -0.3 is 5.73 Å². The fourth-order valence-electron chi connectivity index (χ4n) is 1.50. The number of nitrogens with one attached hydrogen (secondary N) is 1. The van der Waals surface area contributed by atoms with Crippen molar-refractivity contribution in [2.75, 3.05) is 10.5 Å². The van der Waals surface area contributed by atoms with E-state index in [0.717, 1.165) is 12.1 Å². The van der Waals surface area contributed by atoms with E-state index in [1.165, 1.54) is 18.2 Å². The van der Waals surface area contributed by atoms with Crippen molar-refractivity contribution in [3.05, 3.63) is 53.3 Å². The van der Waals surface area contributed by atoms with Crippen molar-refractivity contribution in [1.29, 1.82) is 0 Å². The van der Waals surface area contributed by atoms with Gasteiger partial charge in [-0.1, -0.05) is 23.7 Å². The highest BCUT2D eigenvalue weighted by molar-refractivity contribution is 7.92. The summed E-state index contributed by atoms with van der Waals surface area (Å²) in [7, 11) is -3.86. The molecule has 0 aliphatic heterocycles. The van der Waals surface area contributed by atoms with Crippen LogP contribution in [-0.2, 0) is 10.0 Å². The summed E-state index contributed by atoms with van der Waals surface area (Å²) in [6.07, 6.45) is 0. The lowest BCUT2D eigenvalue weighted by atomic mass is 10.3. The molecule has 100 valence electrons. The lowest BCUT2D eigenvalue weighted by Gasteiger charge is -2.11. The first-order chi connectivity index (χ1) is 8.90. The molecule has 4 nitrogen and oxygen atoms in total. The van der Waals surface area contributed by atoms with Gasteiger partial charge in [0, 0.05) is 0 Å². The van der Waals surface area contributed by atoms with E-state index in [4.69, 9.17) is 17.3 Å². The molecule has 0 atom stereocenters. The van der Waals surface area contributed by atoms with E-state index in [-0.39, 0.29) is 21.3 Å². The van der Waals surface area contributed by atoms with Crippen LogP contribution >= 0.6 is 11.6 Å². The fraction of sp³-hybridized carbons (Fsp3) is 0. The average Bonchev–Trinajstić information content (AvgIpc) is 2.33. The van der Waals surface area contributed by atoms with Crippen molar-refractivity contribution in [2.45, 2.75) is 4.90 Å². The Bertz CT molecular complexity index is 719. The van der Waals surface area contributed by atoms with E-state index >= 15 is 0 Å². The largest absolute Gasteiger partial charge is 0.398 e. The summed E-state index contributed by atoms with van der Waals surface area (Å²) < 4.78 is 39.4. The smallest absolute Gasteiger partial charge is 0.263 e. The minimum atomic E-state index is -3.86. The third-order valence-corrected chi connectivity index (χ3v) is 4.14. The summed E-state index contributed by atoms with van der Waals surface area (Å²) >= 11 is 5.76. The molecule has 0 unspecified atom stereocenters. The van der Waals surface area contributed by atoms with Crippen LogP contribution in [0.2, 0.25) is 5.02 Å². The van der Waals surface area contributed by atoms with E-state index < -0.39 is 15.8 Å². The summed E-state index contributed by atoms with van der Waals surface area (Å²) in [5.74, 6) is -0.549. The number of rotatable bonds is 3. The van der Waals surface area contributed by atoms with Crippen LogP contribution in [0, 0.1) is 5.82 Å². The molecule has 0 amide bonds. The van der Waals surface area contributed by atoms with Crippen molar-refractivity contribution >= 4 is 33.0 Å². The molecule has 2 aromatic carbocycles. The van der Waals surface area contributed by atoms with Gasteiger partial charge in [-0.15, -0.1) is 0 Å². The molecular weight excluding hydrogens is 291 g/mol. The van der Waals surface area contributed by atoms with Gasteiger partial charge in [0.05, 0.1) is 16.4 Å². The molecule has 0 fully saturated rings. The Morgan fingerprint density at radius 1 is 1.16 bits per heavy atom. The van der Waals surface area contributed by atoms with Gasteiger partial charge in [0.1, 0.15) is 10.7 Å². The maximum Gasteiger partial charge on any atom is 0.263 e. The number of benzene rings is 2. The molecule has 0 aliphatic rings. The van der Waals surface area contributed by atoms with Crippen molar-refractivity contribution in [1.82, 2.24) is 0 Å². The molecule has 0 radical (unpaired) electrons. The van der Waals surface area contributed by atoms with Gasteiger partial charge in [0.15, 0.2) is 0 Å². The molecule has 3 N–H and O–H groups in total. The number of anilines is 2. The average molecular weight is 301 g/mol. The zero-order chi connectivity index (χ0) is 14.0. The lowest BCUT2D eigenvalue weighted by molar-refractivity contribution is 0.601. The Hall–Kier alpha value is -1.79. The molecule has 0 aliphatic carbocycles. The summed E-state index contributed by atoms with van der Waals surface area (Å²) in [5.41, 5.74) is 5.82. The van der Waals surface area contributed by atoms with Crippen LogP contribution in [-0.4, -0.2) is 8.42 Å². The van der Waals surface area contributed by atoms with Gasteiger partial charge in [0.2, 0.25) is 0 Å². The molecule has 0 bridgehead atoms. The predicted molar refractivity (Wildman–Crippen MR) is 73.1 cm³/mol. The van der Waals surface area contributed by atoms with E-state index in [1.54, 1.807) is 12.1 Å². The number of para-hydroxylation sites is 1. The van der Waals surface area contributed by atoms with Crippen LogP contribution in [0.5, 0.6) is 0 Å². The maximum atomic E-state index is 12.9. The number of halogens is 2. The zero-order valence-electron chi connectivity index (χ0n) is 9.60. The van der Waals surface area contributed by atoms with E-state index in [0.29, 0.717) is 0 Å². The van der Waals surface area contributed by atoms with Crippen molar-refractivity contribution in [2.24, 2.45) is 0 Å². The molecule has 0 saturated heterocycles. The van der Waals surface area contributed by atoms with Crippen LogP contribution in [0.1, 0.15) is 0 Å². The Labute approximate surface area is 115 Å². The topological polar surface area (TPSA) is 72.2 Å². The van der Waals surface area contributed by atoms with E-state index in [1.807, 2.05) is 0 Å². The van der Waals surface area contributed by atoms with Crippen LogP contribution in [0.3, 0.4) is 0 Å². The third-order valence-electron chi connectivity index (χ3n) is 2.38. The molecule has 0 spiro atoms. The highest BCUT2D eigenvalue weighted by Crippen LogP contribution is 2.26. The van der Waals surface area contributed by atoms with E-state index in [9.17, 15) is 12.8 Å². The predicted octanol–water partition coefficient (Wildman–Crippen LogP) is 2.86. The number of nitrogen functional groups attached to an aromatic ring is 1. The first kappa shape index (κ1) is 13.6. The van der Waals surface area contributed by atoms with Crippen molar-refractivity contribution in [3.8, 4) is 0 Å². The molecule has 2 aromatic rings. The van der Waals surface area contributed by atoms with E-state index in [2.05, 4.69) is 4.72 Å². The summed E-state index contributed by atoms with van der Waals surface area (Å²) in [4.78, 5) is -0.0598. The lowest BCUT2D eigenvalue weighted by Crippen LogP contribution is -2.15. The second-order valence-corrected chi connectivity index (χ2v) is 5.83. The third kappa shape index (κ3) is 2.97. The Balaban J connectivity index is 2.40. The second-order valence-electron chi connectivity index (χ2n) is 3.77. The molecule has 0 aromatic heterocycles. The van der Waals surface area contributed by atoms with Gasteiger partial charge in [-0.25, -0.2) is 12.8 Å². The number of hydrogen-bond donors (Lipinski definition) is 2. The minimum Gasteiger partial charge on any atom is -0.398 e. The van der Waals surface area contributed by atoms with Crippen LogP contribution in [0.4, 0.5) is 15.8 Å². The summed E-state index contributed by atoms with van der Waals surface area (Å²) in [5, 5.41) is -0.0296. The SMILES string of the molecule is Nc1ccccc1S(=O)(=O)Nc1ccc(F)cc1Cl. The van der Waals surface area contributed by atoms with Crippen LogP contribution in [0.15, 0.2) is 47.4 Å². The molecule has 0 saturated carbocycles. The summed E-state index contributed by atoms with van der Waals surface area (Å²) in [6.45, 7) is 0. The van der Waals surface area contributed by atoms with Crippen molar-refractivity contribution in [3.63, 3.8) is 0 Å². The Morgan fingerprint density at radius 2 is 1.84 bits per heavy atom. The van der Waals surface area contributed by atoms with Gasteiger partial charge in [-0.3, -0.25) is 4.72 Å². The van der Waals surface area contributed by atoms with Crippen molar-refractivity contribution < 1.29 is 12.8 Å². The minimum absolute atomic E-state index is 0.0296. The fourth-order valence-corrected chi connectivity index (χ4v) is 2.98. The summed E-state index contributed by atoms with van der Waals surface area (Å²) in [6, 6.07) is 9.40. The van der Waals surface area contributed by atoms with Gasteiger partial charge in [0.25, 0.3) is 10.0 Å². The first-order valence-electron chi connectivity index (χ1n) is 5.22. The number of nitrogens with two attached hydrogens (primary N) is 1. The highest BCUT2D eigenvalue weighted by Gasteiger charge is 2.18. The molecule has 2 rings (SSSR count).